The maximum atomic E-state index is 5.67. The van der Waals surface area contributed by atoms with E-state index in [4.69, 9.17) is 11.6 Å². The van der Waals surface area contributed by atoms with Crippen LogP contribution in [0.1, 0.15) is 0 Å². The molecule has 0 bridgehead atoms. The molecule has 0 aliphatic heterocycles. The number of halogens is 1. The Kier molecular flexibility index (Phi) is 1.90. The van der Waals surface area contributed by atoms with E-state index in [1.54, 1.807) is 0 Å². The lowest BCUT2D eigenvalue weighted by molar-refractivity contribution is 1.09. The number of fused-ring (bicyclic) bond motifs is 1. The van der Waals surface area contributed by atoms with Crippen molar-refractivity contribution >= 4 is 34.5 Å². The van der Waals surface area contributed by atoms with Crippen molar-refractivity contribution in [2.75, 3.05) is 6.26 Å². The van der Waals surface area contributed by atoms with Gasteiger partial charge >= 0.3 is 0 Å². The van der Waals surface area contributed by atoms with Gasteiger partial charge in [-0.15, -0.1) is 11.8 Å². The number of hydrogen-bond acceptors (Lipinski definition) is 4. The summed E-state index contributed by atoms with van der Waals surface area (Å²) in [7, 11) is 0. The van der Waals surface area contributed by atoms with E-state index in [0.29, 0.717) is 10.9 Å². The summed E-state index contributed by atoms with van der Waals surface area (Å²) in [6.07, 6.45) is 3.42. The molecule has 2 heterocycles. The molecule has 0 saturated carbocycles. The van der Waals surface area contributed by atoms with Gasteiger partial charge in [-0.1, -0.05) is 0 Å². The fourth-order valence-corrected chi connectivity index (χ4v) is 1.61. The van der Waals surface area contributed by atoms with Crippen LogP contribution in [-0.2, 0) is 0 Å². The number of nitrogens with one attached hydrogen (secondary N) is 1. The molecule has 2 aromatic heterocycles. The molecule has 0 saturated heterocycles. The molecule has 4 nitrogen and oxygen atoms in total. The highest BCUT2D eigenvalue weighted by molar-refractivity contribution is 7.98. The molecule has 6 heteroatoms. The van der Waals surface area contributed by atoms with Crippen LogP contribution in [0, 0.1) is 0 Å². The zero-order valence-corrected chi connectivity index (χ0v) is 7.78. The van der Waals surface area contributed by atoms with Crippen molar-refractivity contribution in [3.8, 4) is 0 Å². The molecule has 0 aliphatic carbocycles. The molecule has 0 amide bonds. The van der Waals surface area contributed by atoms with Crippen molar-refractivity contribution < 1.29 is 0 Å². The van der Waals surface area contributed by atoms with Crippen molar-refractivity contribution in [1.82, 2.24) is 19.9 Å². The Morgan fingerprint density at radius 1 is 1.50 bits per heavy atom. The molecular formula is C6H5ClN4S. The van der Waals surface area contributed by atoms with Crippen molar-refractivity contribution in [2.24, 2.45) is 0 Å². The van der Waals surface area contributed by atoms with E-state index in [9.17, 15) is 0 Å². The molecule has 12 heavy (non-hydrogen) atoms. The fourth-order valence-electron chi connectivity index (χ4n) is 0.934. The molecule has 2 rings (SSSR count). The second-order valence-corrected chi connectivity index (χ2v) is 3.26. The topological polar surface area (TPSA) is 54.5 Å². The summed E-state index contributed by atoms with van der Waals surface area (Å²) >= 11 is 7.20. The van der Waals surface area contributed by atoms with Crippen LogP contribution in [-0.4, -0.2) is 26.2 Å². The van der Waals surface area contributed by atoms with Gasteiger partial charge in [0.2, 0.25) is 5.28 Å². The van der Waals surface area contributed by atoms with Crippen molar-refractivity contribution in [3.63, 3.8) is 0 Å². The highest BCUT2D eigenvalue weighted by Crippen LogP contribution is 2.21. The third-order valence-electron chi connectivity index (χ3n) is 1.42. The summed E-state index contributed by atoms with van der Waals surface area (Å²) in [6.45, 7) is 0. The Balaban J connectivity index is 2.78. The number of aromatic nitrogens is 4. The molecule has 0 aromatic carbocycles. The van der Waals surface area contributed by atoms with E-state index in [0.717, 1.165) is 10.5 Å². The molecule has 0 fully saturated rings. The van der Waals surface area contributed by atoms with Gasteiger partial charge in [-0.25, -0.2) is 9.97 Å². The number of aromatic amines is 1. The Morgan fingerprint density at radius 2 is 2.33 bits per heavy atom. The van der Waals surface area contributed by atoms with Crippen molar-refractivity contribution in [1.29, 1.82) is 0 Å². The van der Waals surface area contributed by atoms with E-state index in [1.807, 2.05) is 6.26 Å². The first kappa shape index (κ1) is 7.82. The fraction of sp³-hybridized carbons (Fsp3) is 0.167. The van der Waals surface area contributed by atoms with E-state index in [1.165, 1.54) is 18.1 Å². The number of thioether (sulfide) groups is 1. The Labute approximate surface area is 77.8 Å². The van der Waals surface area contributed by atoms with Gasteiger partial charge in [-0.2, -0.15) is 4.98 Å². The summed E-state index contributed by atoms with van der Waals surface area (Å²) in [5.41, 5.74) is 1.41. The number of hydrogen-bond donors (Lipinski definition) is 1. The van der Waals surface area contributed by atoms with Crippen molar-refractivity contribution in [3.05, 3.63) is 11.6 Å². The van der Waals surface area contributed by atoms with Crippen LogP contribution in [0.15, 0.2) is 11.4 Å². The molecule has 0 atom stereocenters. The Hall–Kier alpha value is -0.810. The average Bonchev–Trinajstić information content (AvgIpc) is 2.44. The van der Waals surface area contributed by atoms with Crippen LogP contribution in [0.25, 0.3) is 11.2 Å². The van der Waals surface area contributed by atoms with E-state index < -0.39 is 0 Å². The summed E-state index contributed by atoms with van der Waals surface area (Å²) in [4.78, 5) is 14.9. The number of rotatable bonds is 1. The Morgan fingerprint density at radius 3 is 3.08 bits per heavy atom. The largest absolute Gasteiger partial charge is 0.325 e. The summed E-state index contributed by atoms with van der Waals surface area (Å²) in [5.74, 6) is 0. The minimum atomic E-state index is 0.348. The van der Waals surface area contributed by atoms with E-state index in [2.05, 4.69) is 19.9 Å². The van der Waals surface area contributed by atoms with Gasteiger partial charge in [0.05, 0.1) is 0 Å². The lowest BCUT2D eigenvalue weighted by atomic mass is 10.6. The van der Waals surface area contributed by atoms with Crippen LogP contribution in [0.3, 0.4) is 0 Å². The number of H-pyrrole nitrogens is 1. The number of imidazole rings is 1. The third-order valence-corrected chi connectivity index (χ3v) is 2.29. The minimum Gasteiger partial charge on any atom is -0.325 e. The van der Waals surface area contributed by atoms with Crippen LogP contribution >= 0.6 is 23.4 Å². The maximum absolute atomic E-state index is 5.67. The molecular weight excluding hydrogens is 196 g/mol. The molecule has 1 N–H and O–H groups in total. The van der Waals surface area contributed by atoms with Gasteiger partial charge in [0, 0.05) is 0 Å². The molecule has 0 radical (unpaired) electrons. The average molecular weight is 201 g/mol. The first-order valence-electron chi connectivity index (χ1n) is 3.21. The van der Waals surface area contributed by atoms with E-state index in [-0.39, 0.29) is 0 Å². The molecule has 0 unspecified atom stereocenters. The number of nitrogens with zero attached hydrogens (tertiary/aromatic N) is 3. The van der Waals surface area contributed by atoms with Crippen LogP contribution in [0.5, 0.6) is 0 Å². The monoisotopic (exact) mass is 200 g/mol. The highest BCUT2D eigenvalue weighted by atomic mass is 35.5. The van der Waals surface area contributed by atoms with Gasteiger partial charge in [0.1, 0.15) is 16.9 Å². The molecule has 0 aliphatic rings. The second kappa shape index (κ2) is 2.91. The zero-order chi connectivity index (χ0) is 8.55. The van der Waals surface area contributed by atoms with Crippen LogP contribution in [0.2, 0.25) is 5.28 Å². The second-order valence-electron chi connectivity index (χ2n) is 2.11. The van der Waals surface area contributed by atoms with Gasteiger partial charge in [0.15, 0.2) is 5.65 Å². The first-order valence-corrected chi connectivity index (χ1v) is 4.81. The van der Waals surface area contributed by atoms with Gasteiger partial charge < -0.3 is 4.98 Å². The summed E-state index contributed by atoms with van der Waals surface area (Å²) < 4.78 is 0. The summed E-state index contributed by atoms with van der Waals surface area (Å²) in [5, 5.41) is 1.21. The molecule has 2 aromatic rings. The van der Waals surface area contributed by atoms with Gasteiger partial charge in [0.25, 0.3) is 0 Å². The zero-order valence-electron chi connectivity index (χ0n) is 6.21. The van der Waals surface area contributed by atoms with Crippen LogP contribution < -0.4 is 0 Å². The van der Waals surface area contributed by atoms with E-state index >= 15 is 0 Å². The smallest absolute Gasteiger partial charge is 0.202 e. The highest BCUT2D eigenvalue weighted by Gasteiger charge is 2.06. The lowest BCUT2D eigenvalue weighted by Crippen LogP contribution is -1.83. The Bertz CT molecular complexity index is 413. The standard InChI is InChI=1S/C6H5ClN4S/c1-12-5-3-4(8-2-9-5)11-6(7)10-3/h2H,1H3,(H,8,9,10,11). The molecule has 0 spiro atoms. The normalized spacial score (nSPS) is 10.8. The SMILES string of the molecule is CSc1ncnc2nc(Cl)[nH]c12. The van der Waals surface area contributed by atoms with Gasteiger partial charge in [-0.05, 0) is 17.9 Å². The van der Waals surface area contributed by atoms with Crippen LogP contribution in [0.4, 0.5) is 0 Å². The van der Waals surface area contributed by atoms with Crippen molar-refractivity contribution in [2.45, 2.75) is 5.03 Å². The predicted octanol–water partition coefficient (Wildman–Crippen LogP) is 1.73. The first-order chi connectivity index (χ1) is 5.81. The molecule has 62 valence electrons. The minimum absolute atomic E-state index is 0.348. The predicted molar refractivity (Wildman–Crippen MR) is 48.5 cm³/mol. The third kappa shape index (κ3) is 1.15. The summed E-state index contributed by atoms with van der Waals surface area (Å²) in [6, 6.07) is 0. The van der Waals surface area contributed by atoms with Gasteiger partial charge in [-0.3, -0.25) is 0 Å². The lowest BCUT2D eigenvalue weighted by Gasteiger charge is -1.93. The quantitative estimate of drug-likeness (QED) is 0.433. The maximum Gasteiger partial charge on any atom is 0.202 e.